The van der Waals surface area contributed by atoms with Crippen LogP contribution in [0.25, 0.3) is 0 Å². The second kappa shape index (κ2) is 6.93. The van der Waals surface area contributed by atoms with Crippen LogP contribution < -0.4 is 5.32 Å². The Morgan fingerprint density at radius 1 is 1.14 bits per heavy atom. The van der Waals surface area contributed by atoms with Crippen molar-refractivity contribution in [2.45, 2.75) is 64.1 Å². The van der Waals surface area contributed by atoms with Gasteiger partial charge in [0.1, 0.15) is 0 Å². The molecule has 1 saturated heterocycles. The lowest BCUT2D eigenvalue weighted by molar-refractivity contribution is 0.0569. The van der Waals surface area contributed by atoms with Gasteiger partial charge in [-0.25, -0.2) is 0 Å². The molecule has 1 aromatic carbocycles. The topological polar surface area (TPSA) is 15.3 Å². The van der Waals surface area contributed by atoms with Gasteiger partial charge in [-0.15, -0.1) is 0 Å². The summed E-state index contributed by atoms with van der Waals surface area (Å²) in [6.45, 7) is 6.97. The Morgan fingerprint density at radius 3 is 2.67 bits per heavy atom. The van der Waals surface area contributed by atoms with Gasteiger partial charge in [-0.3, -0.25) is 4.90 Å². The van der Waals surface area contributed by atoms with Crippen molar-refractivity contribution in [2.24, 2.45) is 5.92 Å². The van der Waals surface area contributed by atoms with E-state index >= 15 is 0 Å². The highest BCUT2D eigenvalue weighted by Gasteiger charge is 2.38. The van der Waals surface area contributed by atoms with Crippen LogP contribution in [0, 0.1) is 5.92 Å². The number of rotatable bonds is 5. The molecule has 4 atom stereocenters. The summed E-state index contributed by atoms with van der Waals surface area (Å²) in [5.41, 5.74) is 1.44. The quantitative estimate of drug-likeness (QED) is 0.880. The number of nitrogens with one attached hydrogen (secondary N) is 1. The average Bonchev–Trinajstić information content (AvgIpc) is 3.01. The van der Waals surface area contributed by atoms with Crippen LogP contribution >= 0.6 is 0 Å². The summed E-state index contributed by atoms with van der Waals surface area (Å²) in [7, 11) is 0. The van der Waals surface area contributed by atoms with E-state index in [-0.39, 0.29) is 0 Å². The van der Waals surface area contributed by atoms with Crippen molar-refractivity contribution in [1.29, 1.82) is 0 Å². The molecule has 0 spiro atoms. The van der Waals surface area contributed by atoms with Gasteiger partial charge in [-0.2, -0.15) is 0 Å². The minimum Gasteiger partial charge on any atom is -0.309 e. The molecule has 2 nitrogen and oxygen atoms in total. The van der Waals surface area contributed by atoms with E-state index in [2.05, 4.69) is 54.4 Å². The van der Waals surface area contributed by atoms with Crippen molar-refractivity contribution in [3.8, 4) is 0 Å². The van der Waals surface area contributed by atoms with Gasteiger partial charge in [-0.05, 0) is 57.2 Å². The van der Waals surface area contributed by atoms with Crippen LogP contribution in [-0.4, -0.2) is 30.1 Å². The minimum absolute atomic E-state index is 0.454. The molecule has 0 aromatic heterocycles. The van der Waals surface area contributed by atoms with E-state index in [1.807, 2.05) is 0 Å². The van der Waals surface area contributed by atoms with Crippen molar-refractivity contribution in [3.05, 3.63) is 35.9 Å². The summed E-state index contributed by atoms with van der Waals surface area (Å²) >= 11 is 0. The van der Waals surface area contributed by atoms with Crippen molar-refractivity contribution in [3.63, 3.8) is 0 Å². The Balaban J connectivity index is 1.78. The molecule has 0 amide bonds. The van der Waals surface area contributed by atoms with Crippen LogP contribution in [0.1, 0.15) is 57.6 Å². The van der Waals surface area contributed by atoms with Gasteiger partial charge in [0.2, 0.25) is 0 Å². The predicted octanol–water partition coefficient (Wildman–Crippen LogP) is 3.99. The fourth-order valence-electron chi connectivity index (χ4n) is 4.64. The van der Waals surface area contributed by atoms with Crippen molar-refractivity contribution < 1.29 is 0 Å². The van der Waals surface area contributed by atoms with Crippen LogP contribution in [-0.2, 0) is 0 Å². The van der Waals surface area contributed by atoms with Gasteiger partial charge in [0.15, 0.2) is 0 Å². The number of benzene rings is 1. The van der Waals surface area contributed by atoms with Crippen molar-refractivity contribution in [2.75, 3.05) is 13.1 Å². The third-order valence-electron chi connectivity index (χ3n) is 5.62. The maximum absolute atomic E-state index is 3.73. The number of nitrogens with zero attached hydrogens (tertiary/aromatic N) is 1. The zero-order chi connectivity index (χ0) is 14.7. The number of hydrogen-bond donors (Lipinski definition) is 1. The molecular formula is C19H30N2. The third kappa shape index (κ3) is 3.17. The molecule has 0 bridgehead atoms. The number of hydrogen-bond acceptors (Lipinski definition) is 2. The largest absolute Gasteiger partial charge is 0.309 e. The standard InChI is InChI=1S/C19H30N2/c1-3-20-19(17-9-5-4-6-10-17)15(2)21-14-8-12-16-11-7-13-18(16)21/h4-6,9-10,15-16,18-20H,3,7-8,11-14H2,1-2H3. The molecule has 2 aliphatic rings. The predicted molar refractivity (Wildman–Crippen MR) is 89.4 cm³/mol. The summed E-state index contributed by atoms with van der Waals surface area (Å²) in [6, 6.07) is 12.9. The second-order valence-electron chi connectivity index (χ2n) is 6.83. The van der Waals surface area contributed by atoms with Gasteiger partial charge in [0, 0.05) is 18.1 Å². The first-order chi connectivity index (χ1) is 10.3. The first kappa shape index (κ1) is 15.1. The monoisotopic (exact) mass is 286 g/mol. The summed E-state index contributed by atoms with van der Waals surface area (Å²) in [4.78, 5) is 2.82. The second-order valence-corrected chi connectivity index (χ2v) is 6.83. The number of likely N-dealkylation sites (tertiary alicyclic amines) is 1. The smallest absolute Gasteiger partial charge is 0.0475 e. The highest BCUT2D eigenvalue weighted by molar-refractivity contribution is 5.20. The fourth-order valence-corrected chi connectivity index (χ4v) is 4.64. The maximum Gasteiger partial charge on any atom is 0.0475 e. The number of likely N-dealkylation sites (N-methyl/N-ethyl adjacent to an activating group) is 1. The molecule has 1 aromatic rings. The first-order valence-electron chi connectivity index (χ1n) is 8.85. The number of piperidine rings is 1. The molecule has 1 saturated carbocycles. The highest BCUT2D eigenvalue weighted by Crippen LogP contribution is 2.39. The Bertz CT molecular complexity index is 430. The zero-order valence-electron chi connectivity index (χ0n) is 13.6. The first-order valence-corrected chi connectivity index (χ1v) is 8.85. The molecular weight excluding hydrogens is 256 g/mol. The molecule has 1 aliphatic heterocycles. The van der Waals surface area contributed by atoms with Gasteiger partial charge < -0.3 is 5.32 Å². The van der Waals surface area contributed by atoms with Gasteiger partial charge in [0.05, 0.1) is 0 Å². The molecule has 1 heterocycles. The minimum atomic E-state index is 0.454. The maximum atomic E-state index is 3.73. The lowest BCUT2D eigenvalue weighted by Crippen LogP contribution is -2.51. The van der Waals surface area contributed by atoms with Crippen LogP contribution in [0.2, 0.25) is 0 Å². The van der Waals surface area contributed by atoms with Crippen molar-refractivity contribution >= 4 is 0 Å². The summed E-state index contributed by atoms with van der Waals surface area (Å²) in [5.74, 6) is 0.972. The fraction of sp³-hybridized carbons (Fsp3) is 0.684. The van der Waals surface area contributed by atoms with Crippen LogP contribution in [0.4, 0.5) is 0 Å². The summed E-state index contributed by atoms with van der Waals surface area (Å²) < 4.78 is 0. The molecule has 3 rings (SSSR count). The summed E-state index contributed by atoms with van der Waals surface area (Å²) in [6.07, 6.45) is 7.17. The molecule has 1 N–H and O–H groups in total. The SMILES string of the molecule is CCNC(c1ccccc1)C(C)N1CCCC2CCCC21. The molecule has 2 heteroatoms. The van der Waals surface area contributed by atoms with E-state index in [4.69, 9.17) is 0 Å². The van der Waals surface area contributed by atoms with E-state index in [1.54, 1.807) is 0 Å². The van der Waals surface area contributed by atoms with Crippen LogP contribution in [0.3, 0.4) is 0 Å². The van der Waals surface area contributed by atoms with E-state index < -0.39 is 0 Å². The molecule has 21 heavy (non-hydrogen) atoms. The van der Waals surface area contributed by atoms with E-state index in [0.29, 0.717) is 12.1 Å². The Hall–Kier alpha value is -0.860. The molecule has 116 valence electrons. The number of fused-ring (bicyclic) bond motifs is 1. The van der Waals surface area contributed by atoms with Gasteiger partial charge in [0.25, 0.3) is 0 Å². The highest BCUT2D eigenvalue weighted by atomic mass is 15.2. The van der Waals surface area contributed by atoms with E-state index in [0.717, 1.165) is 18.5 Å². The van der Waals surface area contributed by atoms with E-state index in [9.17, 15) is 0 Å². The third-order valence-corrected chi connectivity index (χ3v) is 5.62. The molecule has 1 aliphatic carbocycles. The summed E-state index contributed by atoms with van der Waals surface area (Å²) in [5, 5.41) is 3.73. The Labute approximate surface area is 129 Å². The molecule has 4 unspecified atom stereocenters. The van der Waals surface area contributed by atoms with Crippen molar-refractivity contribution in [1.82, 2.24) is 10.2 Å². The average molecular weight is 286 g/mol. The molecule has 2 fully saturated rings. The molecule has 0 radical (unpaired) electrons. The van der Waals surface area contributed by atoms with Gasteiger partial charge in [-0.1, -0.05) is 43.7 Å². The Morgan fingerprint density at radius 2 is 1.90 bits per heavy atom. The normalized spacial score (nSPS) is 29.0. The lowest BCUT2D eigenvalue weighted by Gasteiger charge is -2.44. The van der Waals surface area contributed by atoms with Gasteiger partial charge >= 0.3 is 0 Å². The van der Waals surface area contributed by atoms with Crippen LogP contribution in [0.5, 0.6) is 0 Å². The van der Waals surface area contributed by atoms with Crippen LogP contribution in [0.15, 0.2) is 30.3 Å². The lowest BCUT2D eigenvalue weighted by atomic mass is 9.88. The van der Waals surface area contributed by atoms with E-state index in [1.165, 1.54) is 44.2 Å². The zero-order valence-corrected chi connectivity index (χ0v) is 13.6. The Kier molecular flexibility index (Phi) is 4.97.